The highest BCUT2D eigenvalue weighted by molar-refractivity contribution is 4.56. The predicted octanol–water partition coefficient (Wildman–Crippen LogP) is 2.01. The third-order valence-corrected chi connectivity index (χ3v) is 1.94. The summed E-state index contributed by atoms with van der Waals surface area (Å²) in [5, 5.41) is 6.78. The molecule has 0 saturated carbocycles. The summed E-state index contributed by atoms with van der Waals surface area (Å²) in [6.45, 7) is 8.70. The monoisotopic (exact) mass is 174 g/mol. The molecule has 2 heteroatoms. The number of hydrogen-bond acceptors (Lipinski definition) is 2. The van der Waals surface area contributed by atoms with Crippen molar-refractivity contribution >= 4 is 0 Å². The fourth-order valence-corrected chi connectivity index (χ4v) is 1.28. The second-order valence-electron chi connectivity index (χ2n) is 2.91. The van der Waals surface area contributed by atoms with E-state index < -0.39 is 0 Å². The van der Waals surface area contributed by atoms with Gasteiger partial charge in [-0.1, -0.05) is 26.7 Å². The molecule has 0 aromatic carbocycles. The maximum atomic E-state index is 3.39. The van der Waals surface area contributed by atoms with E-state index in [9.17, 15) is 0 Å². The summed E-state index contributed by atoms with van der Waals surface area (Å²) in [4.78, 5) is 0. The highest BCUT2D eigenvalue weighted by Gasteiger charge is 1.93. The summed E-state index contributed by atoms with van der Waals surface area (Å²) >= 11 is 0. The minimum atomic E-state index is 0. The first kappa shape index (κ1) is 11.9. The van der Waals surface area contributed by atoms with Gasteiger partial charge in [0.25, 0.3) is 0 Å². The Morgan fingerprint density at radius 1 is 0.667 bits per heavy atom. The zero-order chi connectivity index (χ0) is 9.07. The first-order valence-electron chi connectivity index (χ1n) is 5.41. The molecule has 0 radical (unpaired) electrons. The van der Waals surface area contributed by atoms with Gasteiger partial charge < -0.3 is 10.6 Å². The summed E-state index contributed by atoms with van der Waals surface area (Å²) in [5.74, 6) is 0. The quantitative estimate of drug-likeness (QED) is 0.587. The third-order valence-electron chi connectivity index (χ3n) is 1.94. The molecule has 0 spiro atoms. The van der Waals surface area contributed by atoms with E-state index in [0.717, 1.165) is 13.1 Å². The average Bonchev–Trinajstić information content (AvgIpc) is 2.18. The molecule has 76 valence electrons. The molecular formula is C10H26N2. The van der Waals surface area contributed by atoms with Crippen molar-refractivity contribution in [2.24, 2.45) is 0 Å². The van der Waals surface area contributed by atoms with E-state index in [2.05, 4.69) is 10.6 Å². The van der Waals surface area contributed by atoms with Crippen molar-refractivity contribution < 1.29 is 1.43 Å². The molecule has 0 atom stereocenters. The van der Waals surface area contributed by atoms with Crippen LogP contribution in [0.2, 0.25) is 0 Å². The zero-order valence-electron chi connectivity index (χ0n) is 8.66. The molecule has 1 rings (SSSR count). The Balaban J connectivity index is 0. The van der Waals surface area contributed by atoms with Gasteiger partial charge in [-0.05, 0) is 25.9 Å². The van der Waals surface area contributed by atoms with Crippen LogP contribution in [0.4, 0.5) is 0 Å². The van der Waals surface area contributed by atoms with Gasteiger partial charge in [-0.2, -0.15) is 0 Å². The van der Waals surface area contributed by atoms with Gasteiger partial charge in [-0.25, -0.2) is 0 Å². The Bertz CT molecular complexity index is 46.1. The third kappa shape index (κ3) is 8.02. The van der Waals surface area contributed by atoms with Crippen LogP contribution in [-0.2, 0) is 0 Å². The molecule has 0 aromatic heterocycles. The first-order valence-corrected chi connectivity index (χ1v) is 5.41. The van der Waals surface area contributed by atoms with E-state index in [1.54, 1.807) is 0 Å². The van der Waals surface area contributed by atoms with Crippen LogP contribution in [0.3, 0.4) is 0 Å². The summed E-state index contributed by atoms with van der Waals surface area (Å²) in [7, 11) is 0. The first-order chi connectivity index (χ1) is 6.00. The van der Waals surface area contributed by atoms with Crippen LogP contribution >= 0.6 is 0 Å². The lowest BCUT2D eigenvalue weighted by molar-refractivity contribution is 0.523. The number of hydrogen-bond donors (Lipinski definition) is 2. The average molecular weight is 174 g/mol. The molecular weight excluding hydrogens is 148 g/mol. The lowest BCUT2D eigenvalue weighted by Crippen LogP contribution is -2.29. The van der Waals surface area contributed by atoms with Gasteiger partial charge in [-0.3, -0.25) is 0 Å². The van der Waals surface area contributed by atoms with Crippen molar-refractivity contribution in [3.8, 4) is 0 Å². The minimum Gasteiger partial charge on any atom is -0.315 e. The number of nitrogens with one attached hydrogen (secondary N) is 2. The van der Waals surface area contributed by atoms with Crippen molar-refractivity contribution in [1.29, 1.82) is 0 Å². The van der Waals surface area contributed by atoms with Crippen molar-refractivity contribution in [3.05, 3.63) is 0 Å². The molecule has 0 bridgehead atoms. The molecule has 1 saturated heterocycles. The van der Waals surface area contributed by atoms with Crippen LogP contribution in [0.5, 0.6) is 0 Å². The van der Waals surface area contributed by atoms with Crippen LogP contribution in [0.25, 0.3) is 0 Å². The fraction of sp³-hybridized carbons (Fsp3) is 1.00. The second kappa shape index (κ2) is 10.9. The largest absolute Gasteiger partial charge is 0.315 e. The normalized spacial score (nSPS) is 20.5. The van der Waals surface area contributed by atoms with E-state index >= 15 is 0 Å². The van der Waals surface area contributed by atoms with Crippen molar-refractivity contribution in [1.82, 2.24) is 10.6 Å². The Morgan fingerprint density at radius 3 is 1.50 bits per heavy atom. The standard InChI is InChI=1S/C8H18N2.C2H6.H2/c1-2-4-6-10-8-7-9-5-3-1;1-2;/h9-10H,1-8H2;1-2H3;1H. The van der Waals surface area contributed by atoms with Gasteiger partial charge in [0.15, 0.2) is 0 Å². The van der Waals surface area contributed by atoms with Gasteiger partial charge in [0.2, 0.25) is 0 Å². The smallest absolute Gasteiger partial charge is 0.00767 e. The Kier molecular flexibility index (Phi) is 10.8. The molecule has 1 fully saturated rings. The van der Waals surface area contributed by atoms with Crippen LogP contribution in [0.15, 0.2) is 0 Å². The van der Waals surface area contributed by atoms with Crippen LogP contribution < -0.4 is 10.6 Å². The molecule has 0 unspecified atom stereocenters. The molecule has 2 N–H and O–H groups in total. The number of rotatable bonds is 0. The molecule has 1 heterocycles. The topological polar surface area (TPSA) is 24.1 Å². The van der Waals surface area contributed by atoms with Crippen LogP contribution in [0.1, 0.15) is 41.0 Å². The van der Waals surface area contributed by atoms with Gasteiger partial charge >= 0.3 is 0 Å². The lowest BCUT2D eigenvalue weighted by atomic mass is 10.2. The van der Waals surface area contributed by atoms with Gasteiger partial charge in [0.05, 0.1) is 0 Å². The molecule has 0 aliphatic carbocycles. The van der Waals surface area contributed by atoms with Crippen molar-refractivity contribution in [2.75, 3.05) is 26.2 Å². The van der Waals surface area contributed by atoms with Gasteiger partial charge in [0, 0.05) is 14.5 Å². The fourth-order valence-electron chi connectivity index (χ4n) is 1.28. The van der Waals surface area contributed by atoms with Crippen molar-refractivity contribution in [3.63, 3.8) is 0 Å². The van der Waals surface area contributed by atoms with E-state index in [-0.39, 0.29) is 1.43 Å². The van der Waals surface area contributed by atoms with E-state index in [4.69, 9.17) is 0 Å². The van der Waals surface area contributed by atoms with E-state index in [1.165, 1.54) is 38.8 Å². The van der Waals surface area contributed by atoms with Gasteiger partial charge in [-0.15, -0.1) is 0 Å². The Labute approximate surface area is 78.6 Å². The molecule has 12 heavy (non-hydrogen) atoms. The summed E-state index contributed by atoms with van der Waals surface area (Å²) in [6.07, 6.45) is 5.52. The Morgan fingerprint density at radius 2 is 1.08 bits per heavy atom. The van der Waals surface area contributed by atoms with Crippen LogP contribution in [-0.4, -0.2) is 26.2 Å². The zero-order valence-corrected chi connectivity index (χ0v) is 8.66. The van der Waals surface area contributed by atoms with Crippen molar-refractivity contribution in [2.45, 2.75) is 39.5 Å². The summed E-state index contributed by atoms with van der Waals surface area (Å²) in [6, 6.07) is 0. The minimum absolute atomic E-state index is 0. The molecule has 2 nitrogen and oxygen atoms in total. The molecule has 1 aliphatic rings. The maximum Gasteiger partial charge on any atom is 0.00767 e. The van der Waals surface area contributed by atoms with Gasteiger partial charge in [0.1, 0.15) is 0 Å². The predicted molar refractivity (Wildman–Crippen MR) is 57.7 cm³/mol. The summed E-state index contributed by atoms with van der Waals surface area (Å²) in [5.41, 5.74) is 0. The highest BCUT2D eigenvalue weighted by Crippen LogP contribution is 1.97. The molecule has 1 aliphatic heterocycles. The summed E-state index contributed by atoms with van der Waals surface area (Å²) < 4.78 is 0. The van der Waals surface area contributed by atoms with Crippen LogP contribution in [0, 0.1) is 0 Å². The van der Waals surface area contributed by atoms with E-state index in [1.807, 2.05) is 13.8 Å². The van der Waals surface area contributed by atoms with E-state index in [0.29, 0.717) is 0 Å². The lowest BCUT2D eigenvalue weighted by Gasteiger charge is -2.09. The molecule has 0 amide bonds. The highest BCUT2D eigenvalue weighted by atomic mass is 14.9. The molecule has 0 aromatic rings. The Hall–Kier alpha value is -0.0800. The SMILES string of the molecule is C1CCCNCCNCC1.CC.[HH]. The second-order valence-corrected chi connectivity index (χ2v) is 2.91. The maximum absolute atomic E-state index is 3.39.